The molecule has 0 aliphatic carbocycles. The van der Waals surface area contributed by atoms with Gasteiger partial charge in [-0.1, -0.05) is 5.16 Å². The first-order valence-electron chi connectivity index (χ1n) is 4.78. The van der Waals surface area contributed by atoms with E-state index in [0.29, 0.717) is 21.9 Å². The molecular weight excluding hydrogens is 293 g/mol. The molecule has 0 unspecified atom stereocenters. The lowest BCUT2D eigenvalue weighted by atomic mass is 10.3. The summed E-state index contributed by atoms with van der Waals surface area (Å²) in [5, 5.41) is 3.65. The Kier molecular flexibility index (Phi) is 3.70. The monoisotopic (exact) mass is 301 g/mol. The number of halogens is 2. The lowest BCUT2D eigenvalue weighted by molar-refractivity contribution is 0.284. The van der Waals surface area contributed by atoms with Gasteiger partial charge < -0.3 is 15.0 Å². The zero-order valence-corrected chi connectivity index (χ0v) is 10.3. The third kappa shape index (κ3) is 3.01. The van der Waals surface area contributed by atoms with Gasteiger partial charge in [-0.25, -0.2) is 4.39 Å². The summed E-state index contributed by atoms with van der Waals surface area (Å²) in [4.78, 5) is 3.95. The first-order chi connectivity index (χ1) is 8.19. The number of nitrogens with zero attached hydrogens (tertiary/aromatic N) is 2. The minimum absolute atomic E-state index is 0.102. The van der Waals surface area contributed by atoms with E-state index in [1.54, 1.807) is 12.1 Å². The van der Waals surface area contributed by atoms with Crippen LogP contribution in [0.15, 0.2) is 27.2 Å². The molecule has 0 amide bonds. The van der Waals surface area contributed by atoms with Crippen molar-refractivity contribution in [1.29, 1.82) is 0 Å². The first kappa shape index (κ1) is 12.0. The molecular formula is C10H9BrFN3O2. The average molecular weight is 302 g/mol. The van der Waals surface area contributed by atoms with Crippen molar-refractivity contribution in [3.63, 3.8) is 0 Å². The lowest BCUT2D eigenvalue weighted by Crippen LogP contribution is -2.00. The second-order valence-electron chi connectivity index (χ2n) is 3.17. The van der Waals surface area contributed by atoms with Crippen molar-refractivity contribution >= 4 is 15.9 Å². The molecule has 2 rings (SSSR count). The summed E-state index contributed by atoms with van der Waals surface area (Å²) in [5.41, 5.74) is 5.32. The highest BCUT2D eigenvalue weighted by Gasteiger charge is 2.06. The molecule has 0 spiro atoms. The van der Waals surface area contributed by atoms with Gasteiger partial charge in [0, 0.05) is 6.07 Å². The van der Waals surface area contributed by atoms with E-state index in [4.69, 9.17) is 15.0 Å². The average Bonchev–Trinajstić information content (AvgIpc) is 2.79. The Labute approximate surface area is 105 Å². The van der Waals surface area contributed by atoms with Crippen molar-refractivity contribution in [2.75, 3.05) is 0 Å². The molecule has 0 aliphatic rings. The maximum Gasteiger partial charge on any atom is 0.240 e. The van der Waals surface area contributed by atoms with Crippen LogP contribution in [0.4, 0.5) is 4.39 Å². The van der Waals surface area contributed by atoms with Crippen LogP contribution in [-0.4, -0.2) is 10.1 Å². The maximum atomic E-state index is 13.2. The van der Waals surface area contributed by atoms with E-state index in [2.05, 4.69) is 26.1 Å². The summed E-state index contributed by atoms with van der Waals surface area (Å²) < 4.78 is 23.7. The molecule has 0 saturated heterocycles. The van der Waals surface area contributed by atoms with E-state index in [1.165, 1.54) is 6.07 Å². The van der Waals surface area contributed by atoms with Crippen LogP contribution in [0.25, 0.3) is 0 Å². The molecule has 7 heteroatoms. The summed E-state index contributed by atoms with van der Waals surface area (Å²) in [7, 11) is 0. The first-order valence-corrected chi connectivity index (χ1v) is 5.57. The van der Waals surface area contributed by atoms with Gasteiger partial charge in [0.05, 0.1) is 11.0 Å². The van der Waals surface area contributed by atoms with E-state index in [1.807, 2.05) is 0 Å². The number of rotatable bonds is 4. The van der Waals surface area contributed by atoms with Crippen LogP contribution in [0.2, 0.25) is 0 Å². The second-order valence-corrected chi connectivity index (χ2v) is 4.03. The van der Waals surface area contributed by atoms with E-state index < -0.39 is 5.82 Å². The molecule has 1 aromatic heterocycles. The Morgan fingerprint density at radius 2 is 2.29 bits per heavy atom. The van der Waals surface area contributed by atoms with Crippen LogP contribution >= 0.6 is 15.9 Å². The van der Waals surface area contributed by atoms with Crippen molar-refractivity contribution in [2.24, 2.45) is 5.73 Å². The zero-order chi connectivity index (χ0) is 12.3. The number of nitrogens with two attached hydrogens (primary N) is 1. The third-order valence-corrected chi connectivity index (χ3v) is 2.59. The summed E-state index contributed by atoms with van der Waals surface area (Å²) >= 11 is 3.05. The van der Waals surface area contributed by atoms with Gasteiger partial charge in [0.1, 0.15) is 11.6 Å². The van der Waals surface area contributed by atoms with Crippen molar-refractivity contribution in [1.82, 2.24) is 10.1 Å². The minimum atomic E-state index is -0.391. The van der Waals surface area contributed by atoms with Gasteiger partial charge in [-0.05, 0) is 28.1 Å². The van der Waals surface area contributed by atoms with Gasteiger partial charge in [-0.15, -0.1) is 0 Å². The third-order valence-electron chi connectivity index (χ3n) is 1.94. The Morgan fingerprint density at radius 3 is 2.94 bits per heavy atom. The Morgan fingerprint density at radius 1 is 1.47 bits per heavy atom. The summed E-state index contributed by atoms with van der Waals surface area (Å²) in [6, 6.07) is 4.47. The fraction of sp³-hybridized carbons (Fsp3) is 0.200. The van der Waals surface area contributed by atoms with Crippen molar-refractivity contribution < 1.29 is 13.7 Å². The summed E-state index contributed by atoms with van der Waals surface area (Å²) in [5.74, 6) is 0.711. The number of aromatic nitrogens is 2. The topological polar surface area (TPSA) is 74.2 Å². The molecule has 0 bridgehead atoms. The number of ether oxygens (including phenoxy) is 1. The number of benzene rings is 1. The Hall–Kier alpha value is -1.47. The van der Waals surface area contributed by atoms with Gasteiger partial charge in [-0.2, -0.15) is 4.98 Å². The highest BCUT2D eigenvalue weighted by molar-refractivity contribution is 9.10. The summed E-state index contributed by atoms with van der Waals surface area (Å²) in [6.07, 6.45) is 0. The quantitative estimate of drug-likeness (QED) is 0.935. The molecule has 1 heterocycles. The highest BCUT2D eigenvalue weighted by Crippen LogP contribution is 2.21. The molecule has 0 fully saturated rings. The van der Waals surface area contributed by atoms with Crippen LogP contribution in [0.1, 0.15) is 11.7 Å². The molecule has 5 nitrogen and oxygen atoms in total. The highest BCUT2D eigenvalue weighted by atomic mass is 79.9. The predicted octanol–water partition coefficient (Wildman–Crippen LogP) is 2.01. The van der Waals surface area contributed by atoms with E-state index >= 15 is 0 Å². The fourth-order valence-corrected chi connectivity index (χ4v) is 1.39. The molecule has 0 atom stereocenters. The molecule has 2 aromatic rings. The fourth-order valence-electron chi connectivity index (χ4n) is 1.15. The normalized spacial score (nSPS) is 10.5. The van der Waals surface area contributed by atoms with E-state index in [0.717, 1.165) is 0 Å². The summed E-state index contributed by atoms with van der Waals surface area (Å²) in [6.45, 7) is 0.282. The lowest BCUT2D eigenvalue weighted by Gasteiger charge is -2.03. The van der Waals surface area contributed by atoms with Gasteiger partial charge in [0.25, 0.3) is 0 Å². The second kappa shape index (κ2) is 5.24. The Balaban J connectivity index is 1.99. The molecule has 0 saturated carbocycles. The van der Waals surface area contributed by atoms with Crippen molar-refractivity contribution in [3.05, 3.63) is 40.2 Å². The standard InChI is InChI=1S/C10H9BrFN3O2/c11-7-2-1-6(3-8(7)12)16-5-9-14-10(4-13)17-15-9/h1-3H,4-5,13H2. The maximum absolute atomic E-state index is 13.2. The molecule has 2 N–H and O–H groups in total. The van der Waals surface area contributed by atoms with Crippen LogP contribution in [0.3, 0.4) is 0 Å². The van der Waals surface area contributed by atoms with E-state index in [-0.39, 0.29) is 13.2 Å². The van der Waals surface area contributed by atoms with Crippen LogP contribution in [0.5, 0.6) is 5.75 Å². The molecule has 0 radical (unpaired) electrons. The van der Waals surface area contributed by atoms with Crippen LogP contribution < -0.4 is 10.5 Å². The molecule has 90 valence electrons. The van der Waals surface area contributed by atoms with E-state index in [9.17, 15) is 4.39 Å². The van der Waals surface area contributed by atoms with Crippen molar-refractivity contribution in [3.8, 4) is 5.75 Å². The van der Waals surface area contributed by atoms with Gasteiger partial charge >= 0.3 is 0 Å². The largest absolute Gasteiger partial charge is 0.485 e. The minimum Gasteiger partial charge on any atom is -0.485 e. The van der Waals surface area contributed by atoms with Gasteiger partial charge in [-0.3, -0.25) is 0 Å². The predicted molar refractivity (Wildman–Crippen MR) is 60.6 cm³/mol. The van der Waals surface area contributed by atoms with Crippen molar-refractivity contribution in [2.45, 2.75) is 13.2 Å². The Bertz CT molecular complexity index is 518. The zero-order valence-electron chi connectivity index (χ0n) is 8.69. The smallest absolute Gasteiger partial charge is 0.240 e. The number of hydrogen-bond donors (Lipinski definition) is 1. The number of hydrogen-bond acceptors (Lipinski definition) is 5. The molecule has 17 heavy (non-hydrogen) atoms. The van der Waals surface area contributed by atoms with Crippen LogP contribution in [-0.2, 0) is 13.2 Å². The van der Waals surface area contributed by atoms with Gasteiger partial charge in [0.15, 0.2) is 6.61 Å². The van der Waals surface area contributed by atoms with Crippen LogP contribution in [0, 0.1) is 5.82 Å². The van der Waals surface area contributed by atoms with Gasteiger partial charge in [0.2, 0.25) is 11.7 Å². The molecule has 1 aromatic carbocycles. The molecule has 0 aliphatic heterocycles. The SMILES string of the molecule is NCc1nc(COc2ccc(Br)c(F)c2)no1.